The molecule has 2 aromatic rings. The summed E-state index contributed by atoms with van der Waals surface area (Å²) in [7, 11) is 1.99. The van der Waals surface area contributed by atoms with Crippen LogP contribution in [0, 0.1) is 0 Å². The van der Waals surface area contributed by atoms with Crippen LogP contribution < -0.4 is 10.1 Å². The molecule has 20 heavy (non-hydrogen) atoms. The first-order valence-corrected chi connectivity index (χ1v) is 7.98. The zero-order valence-corrected chi connectivity index (χ0v) is 14.7. The summed E-state index contributed by atoms with van der Waals surface area (Å²) in [5.74, 6) is 1.90. The quantitative estimate of drug-likeness (QED) is 0.801. The average Bonchev–Trinajstić information content (AvgIpc) is 2.79. The highest BCUT2D eigenvalue weighted by atomic mass is 79.9. The molecular formula is C14H17Br2N3O. The number of ether oxygens (including phenoxy) is 1. The molecule has 0 radical (unpaired) electrons. The van der Waals surface area contributed by atoms with Crippen molar-refractivity contribution in [3.63, 3.8) is 0 Å². The largest absolute Gasteiger partial charge is 0.492 e. The number of nitrogens with zero attached hydrogens (tertiary/aromatic N) is 2. The first-order valence-electron chi connectivity index (χ1n) is 6.39. The Balaban J connectivity index is 2.06. The Morgan fingerprint density at radius 1 is 1.30 bits per heavy atom. The number of aryl methyl sites for hydroxylation is 1. The van der Waals surface area contributed by atoms with Crippen LogP contribution in [-0.2, 0) is 20.1 Å². The standard InChI is InChI=1S/C14H17Br2N3O/c1-3-20-14-10(6-11(15)7-12(14)16)8-17-9-13-18-4-5-19(13)2/h4-7,17H,3,8-9H2,1-2H3. The minimum Gasteiger partial charge on any atom is -0.492 e. The van der Waals surface area contributed by atoms with E-state index in [1.54, 1.807) is 6.20 Å². The lowest BCUT2D eigenvalue weighted by Gasteiger charge is -2.13. The molecule has 2 rings (SSSR count). The van der Waals surface area contributed by atoms with Crippen molar-refractivity contribution in [3.05, 3.63) is 44.9 Å². The average molecular weight is 403 g/mol. The van der Waals surface area contributed by atoms with Crippen LogP contribution in [0.1, 0.15) is 18.3 Å². The van der Waals surface area contributed by atoms with Gasteiger partial charge in [0.15, 0.2) is 0 Å². The topological polar surface area (TPSA) is 39.1 Å². The summed E-state index contributed by atoms with van der Waals surface area (Å²) < 4.78 is 9.70. The molecule has 0 bridgehead atoms. The van der Waals surface area contributed by atoms with Gasteiger partial charge in [0.2, 0.25) is 0 Å². The predicted molar refractivity (Wildman–Crippen MR) is 86.8 cm³/mol. The van der Waals surface area contributed by atoms with E-state index >= 15 is 0 Å². The van der Waals surface area contributed by atoms with Gasteiger partial charge in [-0.05, 0) is 35.0 Å². The van der Waals surface area contributed by atoms with E-state index in [1.165, 1.54) is 0 Å². The molecule has 0 aliphatic carbocycles. The summed E-state index contributed by atoms with van der Waals surface area (Å²) in [5, 5.41) is 3.39. The van der Waals surface area contributed by atoms with Crippen LogP contribution in [0.3, 0.4) is 0 Å². The highest BCUT2D eigenvalue weighted by molar-refractivity contribution is 9.11. The van der Waals surface area contributed by atoms with Gasteiger partial charge in [-0.2, -0.15) is 0 Å². The molecule has 1 heterocycles. The van der Waals surface area contributed by atoms with Gasteiger partial charge < -0.3 is 14.6 Å². The molecule has 1 aromatic carbocycles. The second-order valence-electron chi connectivity index (χ2n) is 4.37. The summed E-state index contributed by atoms with van der Waals surface area (Å²) in [5.41, 5.74) is 1.11. The van der Waals surface area contributed by atoms with Crippen LogP contribution in [-0.4, -0.2) is 16.2 Å². The van der Waals surface area contributed by atoms with Gasteiger partial charge in [-0.1, -0.05) is 15.9 Å². The number of rotatable bonds is 6. The van der Waals surface area contributed by atoms with Crippen molar-refractivity contribution in [2.24, 2.45) is 7.05 Å². The number of imidazole rings is 1. The summed E-state index contributed by atoms with van der Waals surface area (Å²) in [6, 6.07) is 4.06. The van der Waals surface area contributed by atoms with E-state index in [4.69, 9.17) is 4.74 Å². The van der Waals surface area contributed by atoms with Crippen LogP contribution in [0.2, 0.25) is 0 Å². The van der Waals surface area contributed by atoms with Crippen molar-refractivity contribution in [3.8, 4) is 5.75 Å². The Bertz CT molecular complexity index is 584. The fourth-order valence-corrected chi connectivity index (χ4v) is 3.35. The van der Waals surface area contributed by atoms with E-state index in [-0.39, 0.29) is 0 Å². The van der Waals surface area contributed by atoms with Crippen molar-refractivity contribution in [1.82, 2.24) is 14.9 Å². The van der Waals surface area contributed by atoms with Crippen molar-refractivity contribution in [1.29, 1.82) is 0 Å². The first-order chi connectivity index (χ1) is 9.61. The third-order valence-electron chi connectivity index (χ3n) is 2.89. The van der Waals surface area contributed by atoms with Crippen molar-refractivity contribution in [2.45, 2.75) is 20.0 Å². The van der Waals surface area contributed by atoms with Crippen LogP contribution in [0.15, 0.2) is 33.5 Å². The predicted octanol–water partition coefficient (Wildman–Crippen LogP) is 3.63. The zero-order valence-electron chi connectivity index (χ0n) is 11.5. The van der Waals surface area contributed by atoms with E-state index in [0.29, 0.717) is 6.61 Å². The van der Waals surface area contributed by atoms with Gasteiger partial charge in [-0.25, -0.2) is 4.98 Å². The van der Waals surface area contributed by atoms with E-state index in [2.05, 4.69) is 48.2 Å². The van der Waals surface area contributed by atoms with Gasteiger partial charge in [-0.3, -0.25) is 0 Å². The molecule has 0 amide bonds. The van der Waals surface area contributed by atoms with Crippen LogP contribution in [0.25, 0.3) is 0 Å². The highest BCUT2D eigenvalue weighted by Gasteiger charge is 2.10. The number of benzene rings is 1. The van der Waals surface area contributed by atoms with Gasteiger partial charge in [0.05, 0.1) is 17.6 Å². The van der Waals surface area contributed by atoms with E-state index < -0.39 is 0 Å². The fourth-order valence-electron chi connectivity index (χ4n) is 1.93. The molecule has 6 heteroatoms. The third-order valence-corrected chi connectivity index (χ3v) is 3.94. The molecule has 0 aliphatic heterocycles. The molecular weight excluding hydrogens is 386 g/mol. The second kappa shape index (κ2) is 7.24. The summed E-state index contributed by atoms with van der Waals surface area (Å²) in [6.07, 6.45) is 3.75. The Hall–Kier alpha value is -0.850. The molecule has 0 spiro atoms. The third kappa shape index (κ3) is 3.84. The Kier molecular flexibility index (Phi) is 5.63. The lowest BCUT2D eigenvalue weighted by Crippen LogP contribution is -2.16. The lowest BCUT2D eigenvalue weighted by atomic mass is 10.2. The monoisotopic (exact) mass is 401 g/mol. The van der Waals surface area contributed by atoms with E-state index in [1.807, 2.05) is 30.8 Å². The number of nitrogens with one attached hydrogen (secondary N) is 1. The minimum atomic E-state index is 0.645. The first kappa shape index (κ1) is 15.5. The number of halogens is 2. The molecule has 1 N–H and O–H groups in total. The Morgan fingerprint density at radius 3 is 2.75 bits per heavy atom. The fraction of sp³-hybridized carbons (Fsp3) is 0.357. The molecule has 0 unspecified atom stereocenters. The van der Waals surface area contributed by atoms with Crippen molar-refractivity contribution < 1.29 is 4.74 Å². The van der Waals surface area contributed by atoms with Crippen LogP contribution >= 0.6 is 31.9 Å². The van der Waals surface area contributed by atoms with Crippen molar-refractivity contribution in [2.75, 3.05) is 6.61 Å². The van der Waals surface area contributed by atoms with Gasteiger partial charge in [0.25, 0.3) is 0 Å². The van der Waals surface area contributed by atoms with Crippen LogP contribution in [0.5, 0.6) is 5.75 Å². The van der Waals surface area contributed by atoms with Gasteiger partial charge in [0.1, 0.15) is 11.6 Å². The van der Waals surface area contributed by atoms with Gasteiger partial charge in [0, 0.05) is 36.0 Å². The van der Waals surface area contributed by atoms with Crippen molar-refractivity contribution >= 4 is 31.9 Å². The zero-order chi connectivity index (χ0) is 14.5. The molecule has 0 saturated carbocycles. The molecule has 0 aliphatic rings. The summed E-state index contributed by atoms with van der Waals surface area (Å²) >= 11 is 7.05. The van der Waals surface area contributed by atoms with Gasteiger partial charge in [-0.15, -0.1) is 0 Å². The second-order valence-corrected chi connectivity index (χ2v) is 6.14. The summed E-state index contributed by atoms with van der Waals surface area (Å²) in [6.45, 7) is 4.08. The number of aromatic nitrogens is 2. The molecule has 108 valence electrons. The molecule has 0 fully saturated rings. The molecule has 0 atom stereocenters. The number of hydrogen-bond acceptors (Lipinski definition) is 3. The van der Waals surface area contributed by atoms with Crippen LogP contribution in [0.4, 0.5) is 0 Å². The van der Waals surface area contributed by atoms with E-state index in [0.717, 1.165) is 39.2 Å². The lowest BCUT2D eigenvalue weighted by molar-refractivity contribution is 0.333. The van der Waals surface area contributed by atoms with Gasteiger partial charge >= 0.3 is 0 Å². The normalized spacial score (nSPS) is 10.8. The molecule has 1 aromatic heterocycles. The maximum atomic E-state index is 5.71. The summed E-state index contributed by atoms with van der Waals surface area (Å²) in [4.78, 5) is 4.29. The minimum absolute atomic E-state index is 0.645. The maximum absolute atomic E-state index is 5.71. The van der Waals surface area contributed by atoms with E-state index in [9.17, 15) is 0 Å². The molecule has 4 nitrogen and oxygen atoms in total. The molecule has 0 saturated heterocycles. The Morgan fingerprint density at radius 2 is 2.10 bits per heavy atom. The SMILES string of the molecule is CCOc1c(Br)cc(Br)cc1CNCc1nccn1C. The maximum Gasteiger partial charge on any atom is 0.138 e. The number of hydrogen-bond donors (Lipinski definition) is 1. The Labute approximate surface area is 135 Å². The highest BCUT2D eigenvalue weighted by Crippen LogP contribution is 2.32. The smallest absolute Gasteiger partial charge is 0.138 e.